The Morgan fingerprint density at radius 3 is 2.14 bits per heavy atom. The molecule has 0 aromatic carbocycles. The van der Waals surface area contributed by atoms with E-state index in [-0.39, 0.29) is 0 Å². The number of nitrogens with zero attached hydrogens (tertiary/aromatic N) is 1. The van der Waals surface area contributed by atoms with Crippen molar-refractivity contribution in [3.05, 3.63) is 5.84 Å². The van der Waals surface area contributed by atoms with Gasteiger partial charge in [-0.2, -0.15) is 0 Å². The average Bonchev–Trinajstić information content (AvgIpc) is 1.69. The Hall–Kier alpha value is -0.120. The summed E-state index contributed by atoms with van der Waals surface area (Å²) >= 11 is 0. The molecular formula is C4H9N2O-. The fourth-order valence-electron chi connectivity index (χ4n) is 0.563. The molecule has 0 aromatic heterocycles. The molecule has 0 unspecified atom stereocenters. The summed E-state index contributed by atoms with van der Waals surface area (Å²) in [5, 5.41) is 1.52. The second-order valence-electron chi connectivity index (χ2n) is 1.60. The van der Waals surface area contributed by atoms with E-state index < -0.39 is 0 Å². The van der Waals surface area contributed by atoms with Crippen LogP contribution in [0, 0.1) is 0 Å². The van der Waals surface area contributed by atoms with Crippen LogP contribution in [0.5, 0.6) is 0 Å². The number of hydrogen-bond acceptors (Lipinski definition) is 2. The van der Waals surface area contributed by atoms with Crippen molar-refractivity contribution < 1.29 is 4.74 Å². The summed E-state index contributed by atoms with van der Waals surface area (Å²) in [5.41, 5.74) is 0. The van der Waals surface area contributed by atoms with Crippen LogP contribution in [0.1, 0.15) is 0 Å². The quantitative estimate of drug-likeness (QED) is 0.439. The van der Waals surface area contributed by atoms with Gasteiger partial charge in [0.1, 0.15) is 0 Å². The second kappa shape index (κ2) is 2.26. The van der Waals surface area contributed by atoms with Crippen molar-refractivity contribution in [1.29, 1.82) is 0 Å². The van der Waals surface area contributed by atoms with Gasteiger partial charge in [0.15, 0.2) is 0 Å². The van der Waals surface area contributed by atoms with Crippen LogP contribution >= 0.6 is 0 Å². The molecular weight excluding hydrogens is 92.1 g/mol. The largest absolute Gasteiger partial charge is 0.609 e. The normalized spacial score (nSPS) is 25.3. The van der Waals surface area contributed by atoms with E-state index >= 15 is 0 Å². The zero-order chi connectivity index (χ0) is 5.11. The van der Waals surface area contributed by atoms with Crippen LogP contribution < -0.4 is 0 Å². The van der Waals surface area contributed by atoms with E-state index in [9.17, 15) is 0 Å². The van der Waals surface area contributed by atoms with Crippen LogP contribution in [0.25, 0.3) is 5.84 Å². The molecule has 1 N–H and O–H groups in total. The highest BCUT2D eigenvalue weighted by molar-refractivity contribution is 4.59. The highest BCUT2D eigenvalue weighted by Crippen LogP contribution is 1.92. The van der Waals surface area contributed by atoms with Gasteiger partial charge in [-0.1, -0.05) is 0 Å². The highest BCUT2D eigenvalue weighted by atomic mass is 16.5. The van der Waals surface area contributed by atoms with Gasteiger partial charge < -0.3 is 15.6 Å². The third-order valence-electron chi connectivity index (χ3n) is 1.01. The average molecular weight is 101 g/mol. The zero-order valence-corrected chi connectivity index (χ0v) is 4.18. The van der Waals surface area contributed by atoms with Crippen LogP contribution in [0.2, 0.25) is 0 Å². The SMILES string of the molecule is [NH-]N1CCOCC1. The minimum Gasteiger partial charge on any atom is -0.609 e. The number of ether oxygens (including phenoxy) is 1. The lowest BCUT2D eigenvalue weighted by Gasteiger charge is -2.30. The molecule has 1 heterocycles. The van der Waals surface area contributed by atoms with E-state index in [1.807, 2.05) is 0 Å². The lowest BCUT2D eigenvalue weighted by Crippen LogP contribution is -2.30. The predicted octanol–water partition coefficient (Wildman–Crippen LogP) is 0.286. The first-order valence-corrected chi connectivity index (χ1v) is 2.43. The molecule has 3 nitrogen and oxygen atoms in total. The summed E-state index contributed by atoms with van der Waals surface area (Å²) in [6, 6.07) is 0. The standard InChI is InChI=1S/C4H9N2O/c5-6-1-3-7-4-2-6/h5H,1-4H2/q-1. The highest BCUT2D eigenvalue weighted by Gasteiger charge is 1.97. The van der Waals surface area contributed by atoms with Crippen LogP contribution in [0.3, 0.4) is 0 Å². The van der Waals surface area contributed by atoms with Crippen molar-refractivity contribution in [3.8, 4) is 0 Å². The molecule has 7 heavy (non-hydrogen) atoms. The molecule has 0 saturated carbocycles. The monoisotopic (exact) mass is 101 g/mol. The maximum absolute atomic E-state index is 7.03. The molecule has 0 radical (unpaired) electrons. The molecule has 1 saturated heterocycles. The topological polar surface area (TPSA) is 36.3 Å². The van der Waals surface area contributed by atoms with E-state index in [0.29, 0.717) is 0 Å². The van der Waals surface area contributed by atoms with Crippen LogP contribution in [-0.4, -0.2) is 31.3 Å². The van der Waals surface area contributed by atoms with Gasteiger partial charge in [-0.05, 0) is 0 Å². The van der Waals surface area contributed by atoms with Gasteiger partial charge in [-0.3, -0.25) is 0 Å². The Balaban J connectivity index is 2.12. The lowest BCUT2D eigenvalue weighted by molar-refractivity contribution is 0.0595. The lowest BCUT2D eigenvalue weighted by atomic mass is 10.5. The minimum absolute atomic E-state index is 0.726. The number of morpholine rings is 1. The van der Waals surface area contributed by atoms with Gasteiger partial charge in [0.05, 0.1) is 13.2 Å². The molecule has 0 bridgehead atoms. The molecule has 0 spiro atoms. The molecule has 42 valence electrons. The Bertz CT molecular complexity index is 51.7. The Labute approximate surface area is 43.0 Å². The van der Waals surface area contributed by atoms with Crippen molar-refractivity contribution in [3.63, 3.8) is 0 Å². The van der Waals surface area contributed by atoms with Gasteiger partial charge in [0, 0.05) is 13.1 Å². The number of nitrogens with one attached hydrogen (secondary N) is 1. The van der Waals surface area contributed by atoms with Gasteiger partial charge in [0.25, 0.3) is 0 Å². The molecule has 0 aromatic rings. The zero-order valence-electron chi connectivity index (χ0n) is 4.18. The number of hydrogen-bond donors (Lipinski definition) is 0. The van der Waals surface area contributed by atoms with Gasteiger partial charge in [0.2, 0.25) is 0 Å². The molecule has 0 amide bonds. The summed E-state index contributed by atoms with van der Waals surface area (Å²) in [6.45, 7) is 2.98. The summed E-state index contributed by atoms with van der Waals surface area (Å²) in [5.74, 6) is 7.03. The molecule has 1 fully saturated rings. The van der Waals surface area contributed by atoms with Gasteiger partial charge >= 0.3 is 0 Å². The van der Waals surface area contributed by atoms with Crippen molar-refractivity contribution in [2.75, 3.05) is 26.3 Å². The molecule has 0 aliphatic carbocycles. The smallest absolute Gasteiger partial charge is 0.0579 e. The molecule has 3 heteroatoms. The van der Waals surface area contributed by atoms with Crippen molar-refractivity contribution in [2.24, 2.45) is 0 Å². The van der Waals surface area contributed by atoms with E-state index in [1.165, 1.54) is 5.01 Å². The van der Waals surface area contributed by atoms with Crippen LogP contribution in [0.15, 0.2) is 0 Å². The minimum atomic E-state index is 0.726. The molecule has 1 aliphatic rings. The predicted molar refractivity (Wildman–Crippen MR) is 26.7 cm³/mol. The van der Waals surface area contributed by atoms with Crippen LogP contribution in [0.4, 0.5) is 0 Å². The van der Waals surface area contributed by atoms with Crippen molar-refractivity contribution in [1.82, 2.24) is 5.01 Å². The van der Waals surface area contributed by atoms with Gasteiger partial charge in [-0.25, -0.2) is 0 Å². The van der Waals surface area contributed by atoms with Crippen molar-refractivity contribution in [2.45, 2.75) is 0 Å². The van der Waals surface area contributed by atoms with E-state index in [1.54, 1.807) is 0 Å². The summed E-state index contributed by atoms with van der Waals surface area (Å²) < 4.78 is 4.98. The van der Waals surface area contributed by atoms with Crippen LogP contribution in [-0.2, 0) is 4.74 Å². The maximum atomic E-state index is 7.03. The summed E-state index contributed by atoms with van der Waals surface area (Å²) in [4.78, 5) is 0. The van der Waals surface area contributed by atoms with E-state index in [4.69, 9.17) is 10.6 Å². The Morgan fingerprint density at radius 2 is 1.86 bits per heavy atom. The Kier molecular flexibility index (Phi) is 1.62. The molecule has 0 atom stereocenters. The Morgan fingerprint density at radius 1 is 1.29 bits per heavy atom. The van der Waals surface area contributed by atoms with Crippen molar-refractivity contribution >= 4 is 0 Å². The summed E-state index contributed by atoms with van der Waals surface area (Å²) in [6.07, 6.45) is 0. The van der Waals surface area contributed by atoms with Gasteiger partial charge in [-0.15, -0.1) is 0 Å². The van der Waals surface area contributed by atoms with E-state index in [0.717, 1.165) is 26.3 Å². The molecule has 1 rings (SSSR count). The fourth-order valence-corrected chi connectivity index (χ4v) is 0.563. The number of rotatable bonds is 0. The summed E-state index contributed by atoms with van der Waals surface area (Å²) in [7, 11) is 0. The third-order valence-corrected chi connectivity index (χ3v) is 1.01. The molecule has 1 aliphatic heterocycles. The first kappa shape index (κ1) is 5.03. The third kappa shape index (κ3) is 1.43. The van der Waals surface area contributed by atoms with E-state index in [2.05, 4.69) is 0 Å². The first-order chi connectivity index (χ1) is 3.39. The fraction of sp³-hybridized carbons (Fsp3) is 1.00. The first-order valence-electron chi connectivity index (χ1n) is 2.43. The second-order valence-corrected chi connectivity index (χ2v) is 1.60. The maximum Gasteiger partial charge on any atom is 0.0579 e.